The van der Waals surface area contributed by atoms with Gasteiger partial charge in [-0.2, -0.15) is 0 Å². The number of hydrogen-bond donors (Lipinski definition) is 0. The fourth-order valence-corrected chi connectivity index (χ4v) is 3.83. The van der Waals surface area contributed by atoms with Crippen LogP contribution in [0, 0.1) is 0 Å². The minimum Gasteiger partial charge on any atom is -0.399 e. The molecule has 1 aromatic rings. The first kappa shape index (κ1) is 20.0. The average Bonchev–Trinajstić information content (AvgIpc) is 2.75. The fraction of sp³-hybridized carbons (Fsp3) is 0.700. The van der Waals surface area contributed by atoms with Gasteiger partial charge in [0.05, 0.1) is 21.9 Å². The van der Waals surface area contributed by atoms with Crippen LogP contribution in [-0.4, -0.2) is 54.9 Å². The van der Waals surface area contributed by atoms with Crippen LogP contribution in [0.4, 0.5) is 5.69 Å². The maximum absolute atomic E-state index is 6.64. The Hall–Kier alpha value is -0.745. The molecule has 3 rings (SSSR count). The van der Waals surface area contributed by atoms with Crippen molar-refractivity contribution in [1.82, 2.24) is 4.90 Å². The fourth-order valence-electron chi connectivity index (χ4n) is 3.52. The van der Waals surface area contributed by atoms with Gasteiger partial charge >= 0.3 is 7.12 Å². The standard InChI is InChI=1S/C20H32BClN2O2/c1-18(2,3)24-12-10-23(11-13-24)17-9-8-15(14-16(17)22)21-25-19(4,5)20(6,7)26-21/h8-9,14H,10-13H2,1-7H3. The van der Waals surface area contributed by atoms with E-state index in [4.69, 9.17) is 20.9 Å². The number of piperazine rings is 1. The largest absolute Gasteiger partial charge is 0.494 e. The summed E-state index contributed by atoms with van der Waals surface area (Å²) in [6, 6.07) is 6.18. The number of anilines is 1. The lowest BCUT2D eigenvalue weighted by Crippen LogP contribution is -2.53. The molecule has 2 aliphatic rings. The summed E-state index contributed by atoms with van der Waals surface area (Å²) in [7, 11) is -0.371. The van der Waals surface area contributed by atoms with Gasteiger partial charge in [-0.25, -0.2) is 0 Å². The number of nitrogens with zero attached hydrogens (tertiary/aromatic N) is 2. The number of hydrogen-bond acceptors (Lipinski definition) is 4. The van der Waals surface area contributed by atoms with Crippen molar-refractivity contribution in [2.24, 2.45) is 0 Å². The van der Waals surface area contributed by atoms with Crippen molar-refractivity contribution in [3.63, 3.8) is 0 Å². The maximum atomic E-state index is 6.64. The highest BCUT2D eigenvalue weighted by Crippen LogP contribution is 2.37. The zero-order chi connectivity index (χ0) is 19.3. The second-order valence-electron chi connectivity index (χ2n) is 9.44. The van der Waals surface area contributed by atoms with Crippen molar-refractivity contribution in [3.8, 4) is 0 Å². The van der Waals surface area contributed by atoms with Gasteiger partial charge in [-0.3, -0.25) is 4.90 Å². The predicted octanol–water partition coefficient (Wildman–Crippen LogP) is 3.56. The quantitative estimate of drug-likeness (QED) is 0.735. The van der Waals surface area contributed by atoms with Crippen molar-refractivity contribution in [2.75, 3.05) is 31.1 Å². The van der Waals surface area contributed by atoms with Crippen molar-refractivity contribution in [3.05, 3.63) is 23.2 Å². The molecule has 0 aromatic heterocycles. The van der Waals surface area contributed by atoms with E-state index in [0.29, 0.717) is 0 Å². The zero-order valence-electron chi connectivity index (χ0n) is 17.2. The van der Waals surface area contributed by atoms with Gasteiger partial charge in [0.25, 0.3) is 0 Å². The molecule has 6 heteroatoms. The Kier molecular flexibility index (Phi) is 5.15. The summed E-state index contributed by atoms with van der Waals surface area (Å²) in [5.74, 6) is 0. The van der Waals surface area contributed by atoms with Gasteiger partial charge < -0.3 is 14.2 Å². The minimum absolute atomic E-state index is 0.219. The monoisotopic (exact) mass is 378 g/mol. The third-order valence-electron chi connectivity index (χ3n) is 6.07. The van der Waals surface area contributed by atoms with Crippen LogP contribution in [-0.2, 0) is 9.31 Å². The van der Waals surface area contributed by atoms with E-state index in [1.165, 1.54) is 0 Å². The first-order valence-corrected chi connectivity index (χ1v) is 9.94. The Labute approximate surface area is 163 Å². The highest BCUT2D eigenvalue weighted by Gasteiger charge is 2.51. The van der Waals surface area contributed by atoms with Gasteiger partial charge in [0, 0.05) is 31.7 Å². The summed E-state index contributed by atoms with van der Waals surface area (Å²) < 4.78 is 12.3. The number of halogens is 1. The van der Waals surface area contributed by atoms with E-state index in [1.807, 2.05) is 6.07 Å². The first-order chi connectivity index (χ1) is 11.9. The SMILES string of the molecule is CC(C)(C)N1CCN(c2ccc(B3OC(C)(C)C(C)(C)O3)cc2Cl)CC1. The number of rotatable bonds is 2. The van der Waals surface area contributed by atoms with Gasteiger partial charge in [0.2, 0.25) is 0 Å². The molecule has 2 fully saturated rings. The molecule has 0 radical (unpaired) electrons. The molecular weight excluding hydrogens is 346 g/mol. The molecule has 0 aliphatic carbocycles. The lowest BCUT2D eigenvalue weighted by Gasteiger charge is -2.43. The number of benzene rings is 1. The minimum atomic E-state index is -0.371. The van der Waals surface area contributed by atoms with Crippen LogP contribution in [0.25, 0.3) is 0 Å². The molecule has 0 saturated carbocycles. The van der Waals surface area contributed by atoms with Crippen LogP contribution in [0.2, 0.25) is 5.02 Å². The van der Waals surface area contributed by atoms with E-state index in [9.17, 15) is 0 Å². The highest BCUT2D eigenvalue weighted by atomic mass is 35.5. The predicted molar refractivity (Wildman–Crippen MR) is 111 cm³/mol. The van der Waals surface area contributed by atoms with Crippen LogP contribution in [0.1, 0.15) is 48.5 Å². The third kappa shape index (κ3) is 3.77. The molecular formula is C20H32BClN2O2. The summed E-state index contributed by atoms with van der Waals surface area (Å²) in [4.78, 5) is 4.90. The van der Waals surface area contributed by atoms with Crippen LogP contribution < -0.4 is 10.4 Å². The summed E-state index contributed by atoms with van der Waals surface area (Å²) in [6.07, 6.45) is 0. The second-order valence-corrected chi connectivity index (χ2v) is 9.85. The van der Waals surface area contributed by atoms with Gasteiger partial charge in [-0.05, 0) is 66.1 Å². The molecule has 4 nitrogen and oxygen atoms in total. The first-order valence-electron chi connectivity index (χ1n) is 9.56. The summed E-state index contributed by atoms with van der Waals surface area (Å²) in [5.41, 5.74) is 1.61. The van der Waals surface area contributed by atoms with Crippen molar-refractivity contribution < 1.29 is 9.31 Å². The van der Waals surface area contributed by atoms with Crippen molar-refractivity contribution in [1.29, 1.82) is 0 Å². The molecule has 0 amide bonds. The normalized spacial score (nSPS) is 23.5. The second kappa shape index (κ2) is 6.70. The average molecular weight is 379 g/mol. The molecule has 26 heavy (non-hydrogen) atoms. The Morgan fingerprint density at radius 3 is 1.96 bits per heavy atom. The Morgan fingerprint density at radius 1 is 0.962 bits per heavy atom. The third-order valence-corrected chi connectivity index (χ3v) is 6.37. The molecule has 2 saturated heterocycles. The van der Waals surface area contributed by atoms with E-state index >= 15 is 0 Å². The van der Waals surface area contributed by atoms with E-state index in [-0.39, 0.29) is 23.9 Å². The van der Waals surface area contributed by atoms with Gasteiger partial charge in [0.15, 0.2) is 0 Å². The zero-order valence-corrected chi connectivity index (χ0v) is 18.0. The summed E-state index contributed by atoms with van der Waals surface area (Å²) >= 11 is 6.64. The van der Waals surface area contributed by atoms with Crippen molar-refractivity contribution >= 4 is 29.9 Å². The molecule has 2 heterocycles. The molecule has 0 unspecified atom stereocenters. The van der Waals surface area contributed by atoms with Gasteiger partial charge in [-0.1, -0.05) is 17.7 Å². The molecule has 2 aliphatic heterocycles. The Balaban J connectivity index is 1.72. The molecule has 0 bridgehead atoms. The summed E-state index contributed by atoms with van der Waals surface area (Å²) in [5, 5.41) is 0.765. The van der Waals surface area contributed by atoms with Gasteiger partial charge in [-0.15, -0.1) is 0 Å². The maximum Gasteiger partial charge on any atom is 0.494 e. The van der Waals surface area contributed by atoms with Crippen LogP contribution in [0.3, 0.4) is 0 Å². The lowest BCUT2D eigenvalue weighted by atomic mass is 9.79. The van der Waals surface area contributed by atoms with Crippen LogP contribution in [0.5, 0.6) is 0 Å². The lowest BCUT2D eigenvalue weighted by molar-refractivity contribution is 0.00578. The van der Waals surface area contributed by atoms with Crippen LogP contribution >= 0.6 is 11.6 Å². The summed E-state index contributed by atoms with van der Waals surface area (Å²) in [6.45, 7) is 19.2. The molecule has 0 N–H and O–H groups in total. The molecule has 144 valence electrons. The Morgan fingerprint density at radius 2 is 1.50 bits per heavy atom. The van der Waals surface area contributed by atoms with E-state index < -0.39 is 0 Å². The van der Waals surface area contributed by atoms with E-state index in [1.54, 1.807) is 0 Å². The topological polar surface area (TPSA) is 24.9 Å². The van der Waals surface area contributed by atoms with Gasteiger partial charge in [0.1, 0.15) is 0 Å². The molecule has 0 spiro atoms. The molecule has 0 atom stereocenters. The van der Waals surface area contributed by atoms with Crippen LogP contribution in [0.15, 0.2) is 18.2 Å². The van der Waals surface area contributed by atoms with E-state index in [2.05, 4.69) is 70.4 Å². The highest BCUT2D eigenvalue weighted by molar-refractivity contribution is 6.62. The van der Waals surface area contributed by atoms with E-state index in [0.717, 1.165) is 42.4 Å². The smallest absolute Gasteiger partial charge is 0.399 e. The Bertz CT molecular complexity index is 648. The molecule has 1 aromatic carbocycles. The van der Waals surface area contributed by atoms with Crippen molar-refractivity contribution in [2.45, 2.75) is 65.2 Å².